The van der Waals surface area contributed by atoms with Crippen molar-refractivity contribution in [3.8, 4) is 74.0 Å². The summed E-state index contributed by atoms with van der Waals surface area (Å²) in [7, 11) is 0. The van der Waals surface area contributed by atoms with Crippen LogP contribution in [0.3, 0.4) is 0 Å². The van der Waals surface area contributed by atoms with E-state index in [1.165, 1.54) is 22.3 Å². The molecule has 0 N–H and O–H groups in total. The van der Waals surface area contributed by atoms with E-state index in [9.17, 15) is 5.26 Å². The molecule has 2 aliphatic rings. The molecule has 0 saturated carbocycles. The van der Waals surface area contributed by atoms with Crippen LogP contribution in [0.1, 0.15) is 27.8 Å². The number of rotatable bonds is 4. The average Bonchev–Trinajstić information content (AvgIpc) is 3.56. The number of nitriles is 1. The van der Waals surface area contributed by atoms with Crippen LogP contribution in [0.5, 0.6) is 11.5 Å². The van der Waals surface area contributed by atoms with Crippen molar-refractivity contribution in [1.82, 2.24) is 15.0 Å². The largest absolute Gasteiger partial charge is 0.457 e. The van der Waals surface area contributed by atoms with Crippen molar-refractivity contribution in [1.29, 1.82) is 5.26 Å². The summed E-state index contributed by atoms with van der Waals surface area (Å²) in [6.07, 6.45) is 0. The Labute approximate surface area is 323 Å². The third kappa shape index (κ3) is 4.76. The maximum Gasteiger partial charge on any atom is 0.164 e. The van der Waals surface area contributed by atoms with E-state index in [-0.39, 0.29) is 0 Å². The number of hydrogen-bond donors (Lipinski definition) is 0. The Balaban J connectivity index is 1.15. The fraction of sp³-hybridized carbons (Fsp3) is 0.0196. The summed E-state index contributed by atoms with van der Waals surface area (Å²) in [4.78, 5) is 15.3. The Bertz CT molecular complexity index is 3040. The zero-order chi connectivity index (χ0) is 37.2. The van der Waals surface area contributed by atoms with Crippen LogP contribution in [0.15, 0.2) is 182 Å². The van der Waals surface area contributed by atoms with Gasteiger partial charge in [-0.05, 0) is 68.4 Å². The van der Waals surface area contributed by atoms with Gasteiger partial charge in [-0.2, -0.15) is 5.26 Å². The molecule has 5 nitrogen and oxygen atoms in total. The third-order valence-corrected chi connectivity index (χ3v) is 11.2. The minimum absolute atomic E-state index is 0.558. The highest BCUT2D eigenvalue weighted by atomic mass is 16.5. The van der Waals surface area contributed by atoms with E-state index in [0.717, 1.165) is 61.2 Å². The van der Waals surface area contributed by atoms with E-state index in [2.05, 4.69) is 121 Å². The summed E-state index contributed by atoms with van der Waals surface area (Å²) in [6.45, 7) is 0. The van der Waals surface area contributed by atoms with Crippen molar-refractivity contribution in [2.45, 2.75) is 5.41 Å². The molecule has 5 heteroatoms. The lowest BCUT2D eigenvalue weighted by molar-refractivity contribution is 0.437. The Morgan fingerprint density at radius 3 is 1.70 bits per heavy atom. The van der Waals surface area contributed by atoms with Crippen LogP contribution in [-0.2, 0) is 5.41 Å². The van der Waals surface area contributed by atoms with Gasteiger partial charge in [-0.15, -0.1) is 0 Å². The molecule has 0 radical (unpaired) electrons. The maximum absolute atomic E-state index is 9.68. The molecule has 1 aliphatic heterocycles. The normalized spacial score (nSPS) is 12.9. The second kappa shape index (κ2) is 12.4. The molecule has 0 bridgehead atoms. The van der Waals surface area contributed by atoms with E-state index in [1.807, 2.05) is 66.7 Å². The third-order valence-electron chi connectivity index (χ3n) is 11.2. The van der Waals surface area contributed by atoms with Gasteiger partial charge in [0, 0.05) is 27.8 Å². The topological polar surface area (TPSA) is 71.7 Å². The minimum Gasteiger partial charge on any atom is -0.457 e. The van der Waals surface area contributed by atoms with E-state index < -0.39 is 5.41 Å². The van der Waals surface area contributed by atoms with Crippen molar-refractivity contribution >= 4 is 10.8 Å². The molecule has 11 rings (SSSR count). The molecule has 2 heterocycles. The van der Waals surface area contributed by atoms with Gasteiger partial charge >= 0.3 is 0 Å². The molecule has 8 aromatic carbocycles. The molecular formula is C51H30N4O. The lowest BCUT2D eigenvalue weighted by Crippen LogP contribution is -2.32. The lowest BCUT2D eigenvalue weighted by atomic mass is 9.66. The molecule has 260 valence electrons. The molecule has 9 aromatic rings. The molecule has 56 heavy (non-hydrogen) atoms. The first-order valence-electron chi connectivity index (χ1n) is 18.7. The van der Waals surface area contributed by atoms with Crippen molar-refractivity contribution in [3.63, 3.8) is 0 Å². The lowest BCUT2D eigenvalue weighted by Gasteiger charge is -2.39. The van der Waals surface area contributed by atoms with Gasteiger partial charge < -0.3 is 4.74 Å². The second-order valence-electron chi connectivity index (χ2n) is 14.3. The highest BCUT2D eigenvalue weighted by molar-refractivity contribution is 5.95. The van der Waals surface area contributed by atoms with E-state index in [4.69, 9.17) is 19.7 Å². The predicted molar refractivity (Wildman–Crippen MR) is 221 cm³/mol. The molecule has 1 spiro atoms. The smallest absolute Gasteiger partial charge is 0.164 e. The highest BCUT2D eigenvalue weighted by Gasteiger charge is 2.51. The summed E-state index contributed by atoms with van der Waals surface area (Å²) in [6, 6.07) is 64.9. The first-order chi connectivity index (χ1) is 27.7. The predicted octanol–water partition coefficient (Wildman–Crippen LogP) is 12.0. The molecule has 0 amide bonds. The number of fused-ring (bicyclic) bond motifs is 10. The summed E-state index contributed by atoms with van der Waals surface area (Å²) in [5.41, 5.74) is 11.5. The van der Waals surface area contributed by atoms with Gasteiger partial charge in [-0.25, -0.2) is 15.0 Å². The van der Waals surface area contributed by atoms with Crippen LogP contribution in [0.4, 0.5) is 0 Å². The molecule has 0 fully saturated rings. The fourth-order valence-electron chi connectivity index (χ4n) is 8.76. The van der Waals surface area contributed by atoms with Crippen molar-refractivity contribution in [2.75, 3.05) is 0 Å². The summed E-state index contributed by atoms with van der Waals surface area (Å²) < 4.78 is 7.03. The van der Waals surface area contributed by atoms with Crippen molar-refractivity contribution in [2.24, 2.45) is 0 Å². The van der Waals surface area contributed by atoms with E-state index in [1.54, 1.807) is 0 Å². The van der Waals surface area contributed by atoms with Crippen LogP contribution in [-0.4, -0.2) is 15.0 Å². The van der Waals surface area contributed by atoms with Crippen LogP contribution >= 0.6 is 0 Å². The van der Waals surface area contributed by atoms with Gasteiger partial charge in [-0.1, -0.05) is 158 Å². The zero-order valence-corrected chi connectivity index (χ0v) is 30.0. The Hall–Kier alpha value is -7.68. The SMILES string of the molecule is N#Cc1cccc(-c2ccc3c(c2)Oc2cc(-c4nc(-c5ccccc5)nc(-c5cccc6ccccc56)n4)ccc2C32c3ccccc3-c3ccccc32)c1. The average molecular weight is 715 g/mol. The molecule has 0 saturated heterocycles. The minimum atomic E-state index is -0.635. The van der Waals surface area contributed by atoms with Gasteiger partial charge in [0.1, 0.15) is 11.5 Å². The zero-order valence-electron chi connectivity index (χ0n) is 30.0. The van der Waals surface area contributed by atoms with Crippen molar-refractivity contribution < 1.29 is 4.74 Å². The van der Waals surface area contributed by atoms with Crippen LogP contribution < -0.4 is 4.74 Å². The van der Waals surface area contributed by atoms with Crippen LogP contribution in [0.2, 0.25) is 0 Å². The monoisotopic (exact) mass is 714 g/mol. The number of aromatic nitrogens is 3. The van der Waals surface area contributed by atoms with Crippen LogP contribution in [0.25, 0.3) is 67.2 Å². The number of benzene rings is 8. The molecular weight excluding hydrogens is 685 g/mol. The maximum atomic E-state index is 9.68. The number of hydrogen-bond acceptors (Lipinski definition) is 5. The Morgan fingerprint density at radius 1 is 0.411 bits per heavy atom. The summed E-state index contributed by atoms with van der Waals surface area (Å²) >= 11 is 0. The fourth-order valence-corrected chi connectivity index (χ4v) is 8.76. The quantitative estimate of drug-likeness (QED) is 0.181. The van der Waals surface area contributed by atoms with E-state index in [0.29, 0.717) is 23.0 Å². The van der Waals surface area contributed by atoms with Crippen molar-refractivity contribution in [3.05, 3.63) is 210 Å². The number of nitrogens with zero attached hydrogens (tertiary/aromatic N) is 4. The van der Waals surface area contributed by atoms with E-state index >= 15 is 0 Å². The molecule has 0 unspecified atom stereocenters. The summed E-state index contributed by atoms with van der Waals surface area (Å²) in [5, 5.41) is 11.9. The first-order valence-corrected chi connectivity index (χ1v) is 18.7. The standard InChI is InChI=1S/C51H30N4O/c52-31-32-12-10-17-35(28-32)36-24-26-44-46(29-36)56-47-30-37(25-27-45(47)51(44)42-22-8-6-19-39(42)40-20-7-9-23-43(40)51)49-53-48(34-14-2-1-3-15-34)54-50(55-49)41-21-11-16-33-13-4-5-18-38(33)41/h1-30H. The van der Waals surface area contributed by atoms with Gasteiger partial charge in [0.05, 0.1) is 17.0 Å². The number of ether oxygens (including phenoxy) is 1. The first kappa shape index (κ1) is 31.8. The van der Waals surface area contributed by atoms with Gasteiger partial charge in [-0.3, -0.25) is 0 Å². The summed E-state index contributed by atoms with van der Waals surface area (Å²) in [5.74, 6) is 3.26. The Kier molecular flexibility index (Phi) is 7.07. The molecule has 1 aliphatic carbocycles. The van der Waals surface area contributed by atoms with Gasteiger partial charge in [0.2, 0.25) is 0 Å². The Morgan fingerprint density at radius 2 is 0.946 bits per heavy atom. The van der Waals surface area contributed by atoms with Crippen LogP contribution in [0, 0.1) is 11.3 Å². The van der Waals surface area contributed by atoms with Gasteiger partial charge in [0.25, 0.3) is 0 Å². The highest BCUT2D eigenvalue weighted by Crippen LogP contribution is 2.62. The molecule has 0 atom stereocenters. The molecule has 1 aromatic heterocycles. The van der Waals surface area contributed by atoms with Gasteiger partial charge in [0.15, 0.2) is 17.5 Å². The second-order valence-corrected chi connectivity index (χ2v) is 14.3.